The Balaban J connectivity index is 2.68. The molecule has 0 aliphatic rings. The standard InChI is InChI=1S/C12H14BrNO4S/c1-7-3-10(18-2)9(4-8(7)13)14-11(15)5-19-6-12(16)17/h3-4H,5-6H2,1-2H3,(H,14,15)(H,16,17). The fourth-order valence-corrected chi connectivity index (χ4v) is 2.22. The van der Waals surface area contributed by atoms with E-state index in [1.165, 1.54) is 7.11 Å². The van der Waals surface area contributed by atoms with Gasteiger partial charge in [0.05, 0.1) is 24.3 Å². The first-order valence-electron chi connectivity index (χ1n) is 5.37. The van der Waals surface area contributed by atoms with Crippen LogP contribution in [0.3, 0.4) is 0 Å². The summed E-state index contributed by atoms with van der Waals surface area (Å²) in [5.41, 5.74) is 1.55. The third kappa shape index (κ3) is 5.12. The molecule has 0 saturated heterocycles. The van der Waals surface area contributed by atoms with Gasteiger partial charge in [0, 0.05) is 4.47 Å². The van der Waals surface area contributed by atoms with Gasteiger partial charge in [0.25, 0.3) is 0 Å². The molecule has 19 heavy (non-hydrogen) atoms. The van der Waals surface area contributed by atoms with Crippen molar-refractivity contribution in [2.45, 2.75) is 6.92 Å². The molecule has 104 valence electrons. The Morgan fingerprint density at radius 2 is 2.11 bits per heavy atom. The Morgan fingerprint density at radius 3 is 2.68 bits per heavy atom. The zero-order valence-corrected chi connectivity index (χ0v) is 12.9. The van der Waals surface area contributed by atoms with Crippen LogP contribution in [0.1, 0.15) is 5.56 Å². The highest BCUT2D eigenvalue weighted by Gasteiger charge is 2.10. The monoisotopic (exact) mass is 347 g/mol. The lowest BCUT2D eigenvalue weighted by atomic mass is 10.2. The van der Waals surface area contributed by atoms with E-state index in [0.717, 1.165) is 21.8 Å². The quantitative estimate of drug-likeness (QED) is 0.826. The minimum absolute atomic E-state index is 0.0843. The van der Waals surface area contributed by atoms with Gasteiger partial charge in [-0.15, -0.1) is 11.8 Å². The number of benzene rings is 1. The van der Waals surface area contributed by atoms with Crippen molar-refractivity contribution in [3.05, 3.63) is 22.2 Å². The fourth-order valence-electron chi connectivity index (χ4n) is 1.34. The molecule has 0 aromatic heterocycles. The molecular formula is C12H14BrNO4S. The molecule has 0 saturated carbocycles. The molecule has 1 aromatic rings. The van der Waals surface area contributed by atoms with Gasteiger partial charge in [-0.3, -0.25) is 9.59 Å². The summed E-state index contributed by atoms with van der Waals surface area (Å²) in [6, 6.07) is 3.57. The molecule has 0 fully saturated rings. The fraction of sp³-hybridized carbons (Fsp3) is 0.333. The van der Waals surface area contributed by atoms with Crippen LogP contribution in [-0.2, 0) is 9.59 Å². The van der Waals surface area contributed by atoms with E-state index in [0.29, 0.717) is 11.4 Å². The number of halogens is 1. The number of carboxylic acid groups (broad SMARTS) is 1. The number of thioether (sulfide) groups is 1. The molecule has 1 aromatic carbocycles. The minimum atomic E-state index is -0.937. The van der Waals surface area contributed by atoms with E-state index in [9.17, 15) is 9.59 Å². The van der Waals surface area contributed by atoms with E-state index in [2.05, 4.69) is 21.2 Å². The zero-order chi connectivity index (χ0) is 14.4. The van der Waals surface area contributed by atoms with Gasteiger partial charge < -0.3 is 15.2 Å². The average molecular weight is 348 g/mol. The number of hydrogen-bond acceptors (Lipinski definition) is 4. The first-order chi connectivity index (χ1) is 8.93. The first-order valence-corrected chi connectivity index (χ1v) is 7.32. The minimum Gasteiger partial charge on any atom is -0.495 e. The maximum Gasteiger partial charge on any atom is 0.313 e. The molecule has 7 heteroatoms. The number of hydrogen-bond donors (Lipinski definition) is 2. The second-order valence-electron chi connectivity index (χ2n) is 3.74. The van der Waals surface area contributed by atoms with Crippen LogP contribution in [-0.4, -0.2) is 35.6 Å². The highest BCUT2D eigenvalue weighted by Crippen LogP contribution is 2.31. The molecule has 0 bridgehead atoms. The zero-order valence-electron chi connectivity index (χ0n) is 10.5. The maximum atomic E-state index is 11.7. The smallest absolute Gasteiger partial charge is 0.313 e. The number of methoxy groups -OCH3 is 1. The summed E-state index contributed by atoms with van der Waals surface area (Å²) in [6.45, 7) is 1.92. The number of amides is 1. The molecule has 1 rings (SSSR count). The van der Waals surface area contributed by atoms with E-state index < -0.39 is 5.97 Å². The van der Waals surface area contributed by atoms with Crippen LogP contribution in [0.5, 0.6) is 5.75 Å². The van der Waals surface area contributed by atoms with Crippen molar-refractivity contribution in [2.24, 2.45) is 0 Å². The Hall–Kier alpha value is -1.21. The van der Waals surface area contributed by atoms with Crippen LogP contribution in [0.2, 0.25) is 0 Å². The molecule has 0 aliphatic carbocycles. The van der Waals surface area contributed by atoms with Crippen molar-refractivity contribution in [3.63, 3.8) is 0 Å². The van der Waals surface area contributed by atoms with Crippen molar-refractivity contribution in [2.75, 3.05) is 23.9 Å². The van der Waals surface area contributed by atoms with E-state index in [4.69, 9.17) is 9.84 Å². The van der Waals surface area contributed by atoms with Crippen LogP contribution in [0.4, 0.5) is 5.69 Å². The number of ether oxygens (including phenoxy) is 1. The first kappa shape index (κ1) is 15.8. The Kier molecular flexibility index (Phi) is 6.17. The molecule has 0 spiro atoms. The third-order valence-corrected chi connectivity index (χ3v) is 3.99. The largest absolute Gasteiger partial charge is 0.495 e. The number of aryl methyl sites for hydroxylation is 1. The number of carbonyl (C=O) groups is 2. The highest BCUT2D eigenvalue weighted by atomic mass is 79.9. The summed E-state index contributed by atoms with van der Waals surface area (Å²) in [6.07, 6.45) is 0. The lowest BCUT2D eigenvalue weighted by Crippen LogP contribution is -2.16. The predicted octanol–water partition coefficient (Wildman–Crippen LogP) is 2.52. The van der Waals surface area contributed by atoms with Crippen LogP contribution in [0.15, 0.2) is 16.6 Å². The van der Waals surface area contributed by atoms with E-state index in [1.807, 2.05) is 13.0 Å². The van der Waals surface area contributed by atoms with Crippen molar-refractivity contribution < 1.29 is 19.4 Å². The summed E-state index contributed by atoms with van der Waals surface area (Å²) in [5, 5.41) is 11.2. The molecule has 5 nitrogen and oxygen atoms in total. The molecule has 1 amide bonds. The van der Waals surface area contributed by atoms with Crippen molar-refractivity contribution in [1.29, 1.82) is 0 Å². The second-order valence-corrected chi connectivity index (χ2v) is 5.58. The van der Waals surface area contributed by atoms with Crippen LogP contribution >= 0.6 is 27.7 Å². The van der Waals surface area contributed by atoms with Crippen LogP contribution < -0.4 is 10.1 Å². The lowest BCUT2D eigenvalue weighted by molar-refractivity contribution is -0.133. The van der Waals surface area contributed by atoms with E-state index in [-0.39, 0.29) is 17.4 Å². The van der Waals surface area contributed by atoms with Gasteiger partial charge in [-0.2, -0.15) is 0 Å². The Morgan fingerprint density at radius 1 is 1.42 bits per heavy atom. The van der Waals surface area contributed by atoms with Crippen LogP contribution in [0.25, 0.3) is 0 Å². The van der Waals surface area contributed by atoms with Crippen molar-refractivity contribution >= 4 is 45.3 Å². The van der Waals surface area contributed by atoms with Gasteiger partial charge in [-0.1, -0.05) is 15.9 Å². The molecule has 0 heterocycles. The SMILES string of the molecule is COc1cc(C)c(Br)cc1NC(=O)CSCC(=O)O. The van der Waals surface area contributed by atoms with E-state index >= 15 is 0 Å². The topological polar surface area (TPSA) is 75.6 Å². The van der Waals surface area contributed by atoms with Crippen molar-refractivity contribution in [3.8, 4) is 5.75 Å². The van der Waals surface area contributed by atoms with Crippen molar-refractivity contribution in [1.82, 2.24) is 0 Å². The molecule has 0 unspecified atom stereocenters. The van der Waals surface area contributed by atoms with Gasteiger partial charge in [0.2, 0.25) is 5.91 Å². The number of anilines is 1. The maximum absolute atomic E-state index is 11.7. The Bertz CT molecular complexity index is 493. The number of carboxylic acids is 1. The van der Waals surface area contributed by atoms with Gasteiger partial charge in [-0.25, -0.2) is 0 Å². The normalized spacial score (nSPS) is 10.1. The van der Waals surface area contributed by atoms with Gasteiger partial charge in [-0.05, 0) is 24.6 Å². The van der Waals surface area contributed by atoms with E-state index in [1.54, 1.807) is 6.07 Å². The van der Waals surface area contributed by atoms with Gasteiger partial charge in [0.15, 0.2) is 0 Å². The summed E-state index contributed by atoms with van der Waals surface area (Å²) >= 11 is 4.43. The predicted molar refractivity (Wildman–Crippen MR) is 79.0 cm³/mol. The average Bonchev–Trinajstić information content (AvgIpc) is 2.33. The number of rotatable bonds is 6. The number of nitrogens with one attached hydrogen (secondary N) is 1. The number of aliphatic carboxylic acids is 1. The molecule has 2 N–H and O–H groups in total. The molecule has 0 atom stereocenters. The van der Waals surface area contributed by atoms with Crippen LogP contribution in [0, 0.1) is 6.92 Å². The third-order valence-electron chi connectivity index (χ3n) is 2.21. The highest BCUT2D eigenvalue weighted by molar-refractivity contribution is 9.10. The van der Waals surface area contributed by atoms with Gasteiger partial charge in [0.1, 0.15) is 5.75 Å². The molecular weight excluding hydrogens is 334 g/mol. The number of carbonyl (C=O) groups excluding carboxylic acids is 1. The second kappa shape index (κ2) is 7.40. The summed E-state index contributed by atoms with van der Waals surface area (Å²) in [5.74, 6) is -0.644. The van der Waals surface area contributed by atoms with Gasteiger partial charge >= 0.3 is 5.97 Å². The Labute approximate surface area is 123 Å². The summed E-state index contributed by atoms with van der Waals surface area (Å²) in [7, 11) is 1.53. The summed E-state index contributed by atoms with van der Waals surface area (Å²) in [4.78, 5) is 22.0. The summed E-state index contributed by atoms with van der Waals surface area (Å²) < 4.78 is 6.05. The molecule has 0 aliphatic heterocycles. The molecule has 0 radical (unpaired) electrons. The lowest BCUT2D eigenvalue weighted by Gasteiger charge is -2.12.